The van der Waals surface area contributed by atoms with Gasteiger partial charge in [-0.05, 0) is 63.7 Å². The highest BCUT2D eigenvalue weighted by atomic mass is 16.3. The van der Waals surface area contributed by atoms with E-state index in [-0.39, 0.29) is 0 Å². The standard InChI is InChI=1S/C31H24O/c1-4-29-31(26-13-7-5-10-21(26)2)28-20-23(18-19-30(28)32-29)17-16-22(3)25-15-9-12-24-11-6-8-14-27(24)25/h4-20H,1,3H2,2H3/b17-16+. The number of furan rings is 1. The van der Waals surface area contributed by atoms with Crippen LogP contribution in [0.1, 0.15) is 22.5 Å². The van der Waals surface area contributed by atoms with E-state index >= 15 is 0 Å². The maximum atomic E-state index is 6.10. The van der Waals surface area contributed by atoms with Crippen LogP contribution in [0.3, 0.4) is 0 Å². The molecule has 5 aromatic rings. The average molecular weight is 413 g/mol. The van der Waals surface area contributed by atoms with Crippen LogP contribution in [0, 0.1) is 6.92 Å². The molecule has 4 aromatic carbocycles. The fourth-order valence-corrected chi connectivity index (χ4v) is 4.30. The molecule has 0 aliphatic rings. The predicted octanol–water partition coefficient (Wildman–Crippen LogP) is 8.93. The lowest BCUT2D eigenvalue weighted by Gasteiger charge is -2.07. The van der Waals surface area contributed by atoms with Gasteiger partial charge in [-0.25, -0.2) is 0 Å². The molecule has 1 heteroatoms. The van der Waals surface area contributed by atoms with Crippen molar-refractivity contribution in [1.29, 1.82) is 0 Å². The van der Waals surface area contributed by atoms with Gasteiger partial charge in [0.25, 0.3) is 0 Å². The highest BCUT2D eigenvalue weighted by molar-refractivity contribution is 6.00. The fourth-order valence-electron chi connectivity index (χ4n) is 4.30. The van der Waals surface area contributed by atoms with Crippen LogP contribution in [0.5, 0.6) is 0 Å². The topological polar surface area (TPSA) is 13.1 Å². The summed E-state index contributed by atoms with van der Waals surface area (Å²) in [5.74, 6) is 0.801. The van der Waals surface area contributed by atoms with E-state index in [4.69, 9.17) is 4.42 Å². The molecule has 32 heavy (non-hydrogen) atoms. The van der Waals surface area contributed by atoms with Crippen molar-refractivity contribution in [2.45, 2.75) is 6.92 Å². The SMILES string of the molecule is C=Cc1oc2ccc(/C=C/C(=C)c3cccc4ccccc34)cc2c1-c1ccccc1C. The maximum Gasteiger partial charge on any atom is 0.135 e. The van der Waals surface area contributed by atoms with Gasteiger partial charge in [0, 0.05) is 10.9 Å². The Morgan fingerprint density at radius 2 is 1.62 bits per heavy atom. The molecule has 0 atom stereocenters. The Hall–Kier alpha value is -4.10. The summed E-state index contributed by atoms with van der Waals surface area (Å²) in [5.41, 5.74) is 7.58. The first-order chi connectivity index (χ1) is 15.7. The second-order valence-electron chi connectivity index (χ2n) is 8.00. The van der Waals surface area contributed by atoms with Gasteiger partial charge in [-0.15, -0.1) is 0 Å². The van der Waals surface area contributed by atoms with Crippen molar-refractivity contribution in [1.82, 2.24) is 0 Å². The molecule has 0 spiro atoms. The second kappa shape index (κ2) is 8.20. The molecule has 0 unspecified atom stereocenters. The van der Waals surface area contributed by atoms with Gasteiger partial charge >= 0.3 is 0 Å². The second-order valence-corrected chi connectivity index (χ2v) is 8.00. The Labute approximate surface area is 188 Å². The quantitative estimate of drug-likeness (QED) is 0.263. The van der Waals surface area contributed by atoms with E-state index in [9.17, 15) is 0 Å². The minimum atomic E-state index is 0.801. The van der Waals surface area contributed by atoms with Gasteiger partial charge in [0.2, 0.25) is 0 Å². The zero-order chi connectivity index (χ0) is 22.1. The minimum Gasteiger partial charge on any atom is -0.456 e. The number of benzene rings is 4. The summed E-state index contributed by atoms with van der Waals surface area (Å²) in [4.78, 5) is 0. The number of hydrogen-bond acceptors (Lipinski definition) is 1. The van der Waals surface area contributed by atoms with E-state index < -0.39 is 0 Å². The van der Waals surface area contributed by atoms with Crippen molar-refractivity contribution in [3.8, 4) is 11.1 Å². The normalized spacial score (nSPS) is 11.4. The molecule has 0 N–H and O–H groups in total. The zero-order valence-corrected chi connectivity index (χ0v) is 18.1. The molecule has 0 amide bonds. The lowest BCUT2D eigenvalue weighted by atomic mass is 9.96. The van der Waals surface area contributed by atoms with E-state index in [2.05, 4.69) is 111 Å². The van der Waals surface area contributed by atoms with Crippen LogP contribution in [0.4, 0.5) is 0 Å². The van der Waals surface area contributed by atoms with E-state index in [1.54, 1.807) is 6.08 Å². The van der Waals surface area contributed by atoms with Gasteiger partial charge in [0.15, 0.2) is 0 Å². The number of allylic oxidation sites excluding steroid dienone is 2. The lowest BCUT2D eigenvalue weighted by Crippen LogP contribution is -1.84. The third-order valence-electron chi connectivity index (χ3n) is 5.95. The number of rotatable bonds is 5. The smallest absolute Gasteiger partial charge is 0.135 e. The van der Waals surface area contributed by atoms with Crippen molar-refractivity contribution in [3.05, 3.63) is 127 Å². The van der Waals surface area contributed by atoms with Crippen LogP contribution < -0.4 is 0 Å². The monoisotopic (exact) mass is 412 g/mol. The molecule has 0 aliphatic heterocycles. The minimum absolute atomic E-state index is 0.801. The van der Waals surface area contributed by atoms with Crippen LogP contribution in [0.25, 0.3) is 50.6 Å². The van der Waals surface area contributed by atoms with Crippen molar-refractivity contribution in [3.63, 3.8) is 0 Å². The summed E-state index contributed by atoms with van der Waals surface area (Å²) in [6, 6.07) is 29.4. The van der Waals surface area contributed by atoms with Gasteiger partial charge in [0.05, 0.1) is 0 Å². The molecule has 154 valence electrons. The van der Waals surface area contributed by atoms with Gasteiger partial charge in [-0.1, -0.05) is 98.1 Å². The molecule has 0 bridgehead atoms. The van der Waals surface area contributed by atoms with Crippen LogP contribution in [-0.4, -0.2) is 0 Å². The summed E-state index contributed by atoms with van der Waals surface area (Å²) in [6.07, 6.45) is 6.00. The van der Waals surface area contributed by atoms with Crippen LogP contribution in [-0.2, 0) is 0 Å². The highest BCUT2D eigenvalue weighted by Gasteiger charge is 2.15. The Kier molecular flexibility index (Phi) is 5.09. The van der Waals surface area contributed by atoms with Gasteiger partial charge in [0.1, 0.15) is 11.3 Å². The maximum absolute atomic E-state index is 6.10. The lowest BCUT2D eigenvalue weighted by molar-refractivity contribution is 0.605. The highest BCUT2D eigenvalue weighted by Crippen LogP contribution is 2.38. The van der Waals surface area contributed by atoms with Crippen molar-refractivity contribution < 1.29 is 4.42 Å². The summed E-state index contributed by atoms with van der Waals surface area (Å²) in [7, 11) is 0. The average Bonchev–Trinajstić information content (AvgIpc) is 3.20. The third kappa shape index (κ3) is 3.48. The molecule has 5 rings (SSSR count). The summed E-state index contributed by atoms with van der Waals surface area (Å²) in [5, 5.41) is 3.53. The molecule has 0 saturated heterocycles. The molecule has 0 saturated carbocycles. The van der Waals surface area contributed by atoms with Crippen LogP contribution in [0.2, 0.25) is 0 Å². The molecule has 1 nitrogen and oxygen atoms in total. The van der Waals surface area contributed by atoms with Crippen molar-refractivity contribution >= 4 is 39.5 Å². The van der Waals surface area contributed by atoms with Crippen molar-refractivity contribution in [2.24, 2.45) is 0 Å². The van der Waals surface area contributed by atoms with Gasteiger partial charge in [-0.3, -0.25) is 0 Å². The molecule has 1 aromatic heterocycles. The molecule has 0 aliphatic carbocycles. The van der Waals surface area contributed by atoms with Crippen molar-refractivity contribution in [2.75, 3.05) is 0 Å². The zero-order valence-electron chi connectivity index (χ0n) is 18.1. The van der Waals surface area contributed by atoms with E-state index in [0.717, 1.165) is 39.0 Å². The van der Waals surface area contributed by atoms with Gasteiger partial charge < -0.3 is 4.42 Å². The van der Waals surface area contributed by atoms with E-state index in [0.29, 0.717) is 0 Å². The first kappa shape index (κ1) is 19.8. The number of hydrogen-bond donors (Lipinski definition) is 0. The van der Waals surface area contributed by atoms with E-state index in [1.165, 1.54) is 21.9 Å². The molecular formula is C31H24O. The Bertz CT molecular complexity index is 1510. The summed E-state index contributed by atoms with van der Waals surface area (Å²) < 4.78 is 6.10. The first-order valence-corrected chi connectivity index (χ1v) is 10.8. The Morgan fingerprint density at radius 3 is 2.47 bits per heavy atom. The van der Waals surface area contributed by atoms with Crippen LogP contribution >= 0.6 is 0 Å². The molecule has 0 fully saturated rings. The van der Waals surface area contributed by atoms with Crippen LogP contribution in [0.15, 0.2) is 109 Å². The van der Waals surface area contributed by atoms with E-state index in [1.807, 2.05) is 6.07 Å². The predicted molar refractivity (Wildman–Crippen MR) is 138 cm³/mol. The number of aryl methyl sites for hydroxylation is 1. The molecular weight excluding hydrogens is 388 g/mol. The largest absolute Gasteiger partial charge is 0.456 e. The molecule has 1 heterocycles. The third-order valence-corrected chi connectivity index (χ3v) is 5.95. The van der Waals surface area contributed by atoms with Gasteiger partial charge in [-0.2, -0.15) is 0 Å². The first-order valence-electron chi connectivity index (χ1n) is 10.8. The fraction of sp³-hybridized carbons (Fsp3) is 0.0323. The summed E-state index contributed by atoms with van der Waals surface area (Å²) in [6.45, 7) is 10.4. The Balaban J connectivity index is 1.56. The molecule has 0 radical (unpaired) electrons. The summed E-state index contributed by atoms with van der Waals surface area (Å²) >= 11 is 0. The number of fused-ring (bicyclic) bond motifs is 2. The Morgan fingerprint density at radius 1 is 0.844 bits per heavy atom.